The van der Waals surface area contributed by atoms with Crippen molar-refractivity contribution < 1.29 is 28.6 Å². The molecule has 1 aliphatic rings. The van der Waals surface area contributed by atoms with Crippen LogP contribution in [0.2, 0.25) is 0 Å². The molecule has 0 fully saturated rings. The monoisotopic (exact) mass is 476 g/mol. The fourth-order valence-corrected chi connectivity index (χ4v) is 4.26. The summed E-state index contributed by atoms with van der Waals surface area (Å²) >= 11 is 0. The largest absolute Gasteiger partial charge is 0.478 e. The highest BCUT2D eigenvalue weighted by atomic mass is 19.1. The SMILES string of the molecule is O=C(CCCCNC(=O)OCC1c2ccccc2-c2ccccc21)Nc1cccc(C(=O)O)c1F. The van der Waals surface area contributed by atoms with E-state index in [0.717, 1.165) is 28.3 Å². The van der Waals surface area contributed by atoms with Gasteiger partial charge in [-0.1, -0.05) is 54.6 Å². The Bertz CT molecular complexity index is 1210. The van der Waals surface area contributed by atoms with Crippen LogP contribution >= 0.6 is 0 Å². The molecule has 4 rings (SSSR count). The van der Waals surface area contributed by atoms with Gasteiger partial charge in [0.2, 0.25) is 5.91 Å². The second kappa shape index (κ2) is 10.8. The standard InChI is InChI=1S/C27H25FN2O5/c28-25-21(26(32)33)12-7-13-23(25)30-24(31)14-5-6-15-29-27(34)35-16-22-19-10-3-1-8-17(19)18-9-2-4-11-20(18)22/h1-4,7-13,22H,5-6,14-16H2,(H,29,34)(H,30,31)(H,32,33). The molecule has 2 amide bonds. The molecular weight excluding hydrogens is 451 g/mol. The third-order valence-electron chi connectivity index (χ3n) is 5.95. The summed E-state index contributed by atoms with van der Waals surface area (Å²) in [5, 5.41) is 14.0. The van der Waals surface area contributed by atoms with Crippen LogP contribution in [-0.2, 0) is 9.53 Å². The van der Waals surface area contributed by atoms with E-state index in [4.69, 9.17) is 9.84 Å². The van der Waals surface area contributed by atoms with Crippen molar-refractivity contribution in [3.05, 3.63) is 89.2 Å². The second-order valence-electron chi connectivity index (χ2n) is 8.23. The van der Waals surface area contributed by atoms with Crippen LogP contribution in [0, 0.1) is 5.82 Å². The smallest absolute Gasteiger partial charge is 0.407 e. The Kier molecular flexibility index (Phi) is 7.40. The summed E-state index contributed by atoms with van der Waals surface area (Å²) in [6.45, 7) is 0.552. The van der Waals surface area contributed by atoms with Crippen molar-refractivity contribution in [1.82, 2.24) is 5.32 Å². The first-order chi connectivity index (χ1) is 17.0. The lowest BCUT2D eigenvalue weighted by molar-refractivity contribution is -0.116. The predicted molar refractivity (Wildman–Crippen MR) is 129 cm³/mol. The van der Waals surface area contributed by atoms with Gasteiger partial charge in [-0.15, -0.1) is 0 Å². The molecule has 0 saturated heterocycles. The number of hydrogen-bond acceptors (Lipinski definition) is 4. The number of nitrogens with one attached hydrogen (secondary N) is 2. The Labute approximate surface area is 201 Å². The molecular formula is C27H25FN2O5. The number of alkyl carbamates (subject to hydrolysis) is 1. The molecule has 3 aromatic rings. The van der Waals surface area contributed by atoms with Crippen molar-refractivity contribution >= 4 is 23.7 Å². The van der Waals surface area contributed by atoms with Crippen LogP contribution in [0.1, 0.15) is 46.7 Å². The minimum absolute atomic E-state index is 0.0168. The molecule has 1 aliphatic carbocycles. The van der Waals surface area contributed by atoms with Gasteiger partial charge in [0.1, 0.15) is 6.61 Å². The molecule has 0 aromatic heterocycles. The minimum atomic E-state index is -1.40. The van der Waals surface area contributed by atoms with E-state index < -0.39 is 29.4 Å². The van der Waals surface area contributed by atoms with Crippen LogP contribution < -0.4 is 10.6 Å². The summed E-state index contributed by atoms with van der Waals surface area (Å²) in [6.07, 6.45) is 0.553. The normalized spacial score (nSPS) is 11.9. The number of carboxylic acids is 1. The molecule has 0 spiro atoms. The molecule has 3 N–H and O–H groups in total. The average molecular weight is 477 g/mol. The lowest BCUT2D eigenvalue weighted by Gasteiger charge is -2.14. The van der Waals surface area contributed by atoms with E-state index in [9.17, 15) is 18.8 Å². The van der Waals surface area contributed by atoms with Crippen molar-refractivity contribution in [1.29, 1.82) is 0 Å². The molecule has 0 saturated carbocycles. The Balaban J connectivity index is 1.18. The number of hydrogen-bond donors (Lipinski definition) is 3. The van der Waals surface area contributed by atoms with Gasteiger partial charge in [-0.25, -0.2) is 14.0 Å². The quantitative estimate of drug-likeness (QED) is 0.370. The third kappa shape index (κ3) is 5.48. The Hall–Kier alpha value is -4.20. The topological polar surface area (TPSA) is 105 Å². The molecule has 0 radical (unpaired) electrons. The number of halogens is 1. The van der Waals surface area contributed by atoms with Gasteiger partial charge < -0.3 is 20.5 Å². The summed E-state index contributed by atoms with van der Waals surface area (Å²) in [7, 11) is 0. The molecule has 35 heavy (non-hydrogen) atoms. The lowest BCUT2D eigenvalue weighted by Crippen LogP contribution is -2.27. The van der Waals surface area contributed by atoms with Crippen LogP contribution in [0.5, 0.6) is 0 Å². The molecule has 0 aliphatic heterocycles. The summed E-state index contributed by atoms with van der Waals surface area (Å²) in [4.78, 5) is 35.2. The van der Waals surface area contributed by atoms with Crippen LogP contribution in [0.25, 0.3) is 11.1 Å². The van der Waals surface area contributed by atoms with Gasteiger partial charge in [0.25, 0.3) is 0 Å². The number of benzene rings is 3. The minimum Gasteiger partial charge on any atom is -0.478 e. The summed E-state index contributed by atoms with van der Waals surface area (Å²) in [6, 6.07) is 20.0. The van der Waals surface area contributed by atoms with Crippen molar-refractivity contribution in [2.24, 2.45) is 0 Å². The van der Waals surface area contributed by atoms with E-state index in [2.05, 4.69) is 34.9 Å². The molecule has 7 nitrogen and oxygen atoms in total. The van der Waals surface area contributed by atoms with Gasteiger partial charge in [-0.3, -0.25) is 4.79 Å². The molecule has 0 bridgehead atoms. The zero-order chi connectivity index (χ0) is 24.8. The molecule has 0 heterocycles. The van der Waals surface area contributed by atoms with Crippen LogP contribution in [-0.4, -0.2) is 36.2 Å². The number of carboxylic acid groups (broad SMARTS) is 1. The molecule has 3 aromatic carbocycles. The van der Waals surface area contributed by atoms with Gasteiger partial charge in [-0.2, -0.15) is 0 Å². The van der Waals surface area contributed by atoms with E-state index in [0.29, 0.717) is 19.4 Å². The fraction of sp³-hybridized carbons (Fsp3) is 0.222. The van der Waals surface area contributed by atoms with Gasteiger partial charge in [0.05, 0.1) is 11.3 Å². The van der Waals surface area contributed by atoms with Gasteiger partial charge >= 0.3 is 12.1 Å². The van der Waals surface area contributed by atoms with E-state index in [-0.39, 0.29) is 24.6 Å². The molecule has 0 atom stereocenters. The number of carbonyl (C=O) groups excluding carboxylic acids is 2. The summed E-state index contributed by atoms with van der Waals surface area (Å²) < 4.78 is 19.6. The lowest BCUT2D eigenvalue weighted by atomic mass is 9.98. The number of rotatable bonds is 9. The highest BCUT2D eigenvalue weighted by Crippen LogP contribution is 2.44. The van der Waals surface area contributed by atoms with E-state index in [1.54, 1.807) is 0 Å². The fourth-order valence-electron chi connectivity index (χ4n) is 4.26. The zero-order valence-electron chi connectivity index (χ0n) is 18.9. The molecule has 180 valence electrons. The van der Waals surface area contributed by atoms with Gasteiger partial charge in [0.15, 0.2) is 5.82 Å². The van der Waals surface area contributed by atoms with Crippen molar-refractivity contribution in [2.45, 2.75) is 25.2 Å². The van der Waals surface area contributed by atoms with Crippen LogP contribution in [0.15, 0.2) is 66.7 Å². The van der Waals surface area contributed by atoms with Crippen molar-refractivity contribution in [3.8, 4) is 11.1 Å². The second-order valence-corrected chi connectivity index (χ2v) is 8.23. The zero-order valence-corrected chi connectivity index (χ0v) is 18.9. The molecule has 0 unspecified atom stereocenters. The number of ether oxygens (including phenoxy) is 1. The highest BCUT2D eigenvalue weighted by molar-refractivity contribution is 5.94. The number of unbranched alkanes of at least 4 members (excludes halogenated alkanes) is 1. The highest BCUT2D eigenvalue weighted by Gasteiger charge is 2.28. The summed E-state index contributed by atoms with van der Waals surface area (Å²) in [5.74, 6) is -2.84. The Morgan fingerprint density at radius 3 is 2.20 bits per heavy atom. The summed E-state index contributed by atoms with van der Waals surface area (Å²) in [5.41, 5.74) is 3.91. The number of anilines is 1. The number of fused-ring (bicyclic) bond motifs is 3. The number of amides is 2. The maximum atomic E-state index is 14.1. The van der Waals surface area contributed by atoms with Gasteiger partial charge in [-0.05, 0) is 47.2 Å². The van der Waals surface area contributed by atoms with Crippen LogP contribution in [0.4, 0.5) is 14.9 Å². The third-order valence-corrected chi connectivity index (χ3v) is 5.95. The Morgan fingerprint density at radius 2 is 1.54 bits per heavy atom. The van der Waals surface area contributed by atoms with Gasteiger partial charge in [0, 0.05) is 18.9 Å². The maximum Gasteiger partial charge on any atom is 0.407 e. The van der Waals surface area contributed by atoms with Crippen molar-refractivity contribution in [2.75, 3.05) is 18.5 Å². The molecule has 8 heteroatoms. The maximum absolute atomic E-state index is 14.1. The number of aromatic carboxylic acids is 1. The van der Waals surface area contributed by atoms with E-state index >= 15 is 0 Å². The van der Waals surface area contributed by atoms with Crippen LogP contribution in [0.3, 0.4) is 0 Å². The first-order valence-electron chi connectivity index (χ1n) is 11.4. The number of carbonyl (C=O) groups is 3. The Morgan fingerprint density at radius 1 is 0.886 bits per heavy atom. The van der Waals surface area contributed by atoms with E-state index in [1.807, 2.05) is 24.3 Å². The average Bonchev–Trinajstić information content (AvgIpc) is 3.17. The van der Waals surface area contributed by atoms with Crippen molar-refractivity contribution in [3.63, 3.8) is 0 Å². The predicted octanol–water partition coefficient (Wildman–Crippen LogP) is 5.17. The first-order valence-corrected chi connectivity index (χ1v) is 11.4. The first kappa shape index (κ1) is 23.9. The van der Waals surface area contributed by atoms with E-state index in [1.165, 1.54) is 12.1 Å².